The van der Waals surface area contributed by atoms with Crippen molar-refractivity contribution in [3.05, 3.63) is 34.7 Å². The number of aryl methyl sites for hydroxylation is 1. The van der Waals surface area contributed by atoms with Gasteiger partial charge in [0, 0.05) is 58.0 Å². The van der Waals surface area contributed by atoms with Crippen molar-refractivity contribution in [1.29, 1.82) is 0 Å². The second-order valence-electron chi connectivity index (χ2n) is 7.17. The molecule has 8 heteroatoms. The molecule has 2 heterocycles. The van der Waals surface area contributed by atoms with E-state index in [1.54, 1.807) is 16.7 Å². The molecule has 0 spiro atoms. The Balaban J connectivity index is 0.00000420. The van der Waals surface area contributed by atoms with Crippen molar-refractivity contribution in [2.45, 2.75) is 58.4 Å². The second kappa shape index (κ2) is 15.3. The van der Waals surface area contributed by atoms with Crippen LogP contribution in [-0.2, 0) is 11.3 Å². The summed E-state index contributed by atoms with van der Waals surface area (Å²) in [5.41, 5.74) is 0.0493. The third-order valence-electron chi connectivity index (χ3n) is 4.89. The first kappa shape index (κ1) is 25.5. The number of unbranched alkanes of at least 4 members (excludes halogenated alkanes) is 1. The zero-order valence-electron chi connectivity index (χ0n) is 17.6. The van der Waals surface area contributed by atoms with Gasteiger partial charge >= 0.3 is 0 Å². The molecule has 1 saturated heterocycles. The highest BCUT2D eigenvalue weighted by atomic mass is 127. The monoisotopic (exact) mass is 517 g/mol. The molecule has 1 aliphatic rings. The lowest BCUT2D eigenvalue weighted by Gasteiger charge is -2.20. The number of guanidine groups is 1. The van der Waals surface area contributed by atoms with Crippen molar-refractivity contribution in [1.82, 2.24) is 20.1 Å². The van der Waals surface area contributed by atoms with Crippen molar-refractivity contribution in [2.24, 2.45) is 4.99 Å². The van der Waals surface area contributed by atoms with Gasteiger partial charge < -0.3 is 20.1 Å². The number of nitrogens with zero attached hydrogens (tertiary/aromatic N) is 3. The van der Waals surface area contributed by atoms with E-state index in [0.717, 1.165) is 77.2 Å². The molecule has 0 atom stereocenters. The Morgan fingerprint density at radius 2 is 1.93 bits per heavy atom. The first-order valence-corrected chi connectivity index (χ1v) is 10.7. The Morgan fingerprint density at radius 1 is 1.07 bits per heavy atom. The number of rotatable bonds is 10. The summed E-state index contributed by atoms with van der Waals surface area (Å²) in [4.78, 5) is 30.3. The lowest BCUT2D eigenvalue weighted by Crippen LogP contribution is -2.38. The number of nitrogens with one attached hydrogen (secondary N) is 2. The highest BCUT2D eigenvalue weighted by molar-refractivity contribution is 14.0. The molecule has 1 fully saturated rings. The first-order valence-electron chi connectivity index (χ1n) is 10.7. The van der Waals surface area contributed by atoms with Gasteiger partial charge in [-0.1, -0.05) is 12.5 Å². The average Bonchev–Trinajstić information content (AvgIpc) is 2.90. The van der Waals surface area contributed by atoms with Crippen LogP contribution in [0.2, 0.25) is 0 Å². The maximum absolute atomic E-state index is 12.0. The molecule has 0 bridgehead atoms. The molecule has 1 amide bonds. The van der Waals surface area contributed by atoms with Gasteiger partial charge in [0.1, 0.15) is 0 Å². The van der Waals surface area contributed by atoms with Gasteiger partial charge in [0.2, 0.25) is 11.5 Å². The minimum absolute atomic E-state index is 0. The molecular weight excluding hydrogens is 481 g/mol. The molecule has 2 rings (SSSR count). The van der Waals surface area contributed by atoms with E-state index < -0.39 is 0 Å². The molecule has 1 aliphatic heterocycles. The molecule has 0 radical (unpaired) electrons. The quantitative estimate of drug-likeness (QED) is 0.217. The van der Waals surface area contributed by atoms with Gasteiger partial charge in [-0.25, -0.2) is 0 Å². The standard InChI is InChI=1S/C21H35N5O2.HI/c1-2-22-21(23-13-6-9-17-25-16-8-5-12-20(25)28)24-14-10-18-26-15-7-3-4-11-19(26)27;/h5,8,12,16H,2-4,6-7,9-11,13-15,17-18H2,1H3,(H2,22,23,24);1H. The van der Waals surface area contributed by atoms with E-state index in [9.17, 15) is 9.59 Å². The van der Waals surface area contributed by atoms with Gasteiger partial charge in [0.05, 0.1) is 0 Å². The van der Waals surface area contributed by atoms with Gasteiger partial charge in [0.25, 0.3) is 0 Å². The molecule has 1 aromatic rings. The number of carbonyl (C=O) groups is 1. The molecular formula is C21H36IN5O2. The first-order chi connectivity index (χ1) is 13.7. The van der Waals surface area contributed by atoms with Gasteiger partial charge in [-0.15, -0.1) is 24.0 Å². The summed E-state index contributed by atoms with van der Waals surface area (Å²) in [5, 5.41) is 6.61. The Bertz CT molecular complexity index is 677. The number of carbonyl (C=O) groups excluding carboxylic acids is 1. The molecule has 0 saturated carbocycles. The van der Waals surface area contributed by atoms with Gasteiger partial charge in [-0.2, -0.15) is 0 Å². The van der Waals surface area contributed by atoms with E-state index in [1.165, 1.54) is 0 Å². The normalized spacial score (nSPS) is 14.9. The lowest BCUT2D eigenvalue weighted by atomic mass is 10.2. The van der Waals surface area contributed by atoms with Crippen LogP contribution < -0.4 is 16.2 Å². The topological polar surface area (TPSA) is 78.7 Å². The zero-order chi connectivity index (χ0) is 20.0. The van der Waals surface area contributed by atoms with Gasteiger partial charge in [0.15, 0.2) is 5.96 Å². The fourth-order valence-corrected chi connectivity index (χ4v) is 3.33. The third kappa shape index (κ3) is 10.1. The van der Waals surface area contributed by atoms with Crippen LogP contribution >= 0.6 is 24.0 Å². The summed E-state index contributed by atoms with van der Waals surface area (Å²) in [6.07, 6.45) is 8.63. The number of hydrogen-bond donors (Lipinski definition) is 2. The van der Waals surface area contributed by atoms with E-state index in [-0.39, 0.29) is 29.5 Å². The Kier molecular flexibility index (Phi) is 13.4. The van der Waals surface area contributed by atoms with Crippen LogP contribution in [0.15, 0.2) is 34.2 Å². The maximum Gasteiger partial charge on any atom is 0.250 e. The fraction of sp³-hybridized carbons (Fsp3) is 0.667. The van der Waals surface area contributed by atoms with Crippen molar-refractivity contribution < 1.29 is 4.79 Å². The van der Waals surface area contributed by atoms with Crippen molar-refractivity contribution in [3.8, 4) is 0 Å². The SMILES string of the molecule is CCNC(=NCCCN1CCCCCC1=O)NCCCCn1ccccc1=O.I. The molecule has 0 unspecified atom stereocenters. The third-order valence-corrected chi connectivity index (χ3v) is 4.89. The van der Waals surface area contributed by atoms with Crippen LogP contribution in [0.25, 0.3) is 0 Å². The number of aromatic nitrogens is 1. The highest BCUT2D eigenvalue weighted by Gasteiger charge is 2.15. The predicted octanol–water partition coefficient (Wildman–Crippen LogP) is 2.59. The van der Waals surface area contributed by atoms with Gasteiger partial charge in [-0.3, -0.25) is 14.6 Å². The summed E-state index contributed by atoms with van der Waals surface area (Å²) in [7, 11) is 0. The molecule has 7 nitrogen and oxygen atoms in total. The maximum atomic E-state index is 12.0. The van der Waals surface area contributed by atoms with Gasteiger partial charge in [-0.05, 0) is 45.1 Å². The predicted molar refractivity (Wildman–Crippen MR) is 129 cm³/mol. The Labute approximate surface area is 191 Å². The van der Waals surface area contributed by atoms with Crippen molar-refractivity contribution in [3.63, 3.8) is 0 Å². The number of amides is 1. The molecule has 164 valence electrons. The summed E-state index contributed by atoms with van der Waals surface area (Å²) >= 11 is 0. The van der Waals surface area contributed by atoms with Crippen molar-refractivity contribution >= 4 is 35.8 Å². The van der Waals surface area contributed by atoms with Crippen LogP contribution in [0.4, 0.5) is 0 Å². The number of aliphatic imine (C=N–C) groups is 1. The minimum Gasteiger partial charge on any atom is -0.357 e. The minimum atomic E-state index is 0. The smallest absolute Gasteiger partial charge is 0.250 e. The van der Waals surface area contributed by atoms with E-state index >= 15 is 0 Å². The van der Waals surface area contributed by atoms with Crippen LogP contribution in [-0.4, -0.2) is 54.1 Å². The molecule has 1 aromatic heterocycles. The van der Waals surface area contributed by atoms with Crippen LogP contribution in [0.3, 0.4) is 0 Å². The van der Waals surface area contributed by atoms with Crippen LogP contribution in [0, 0.1) is 0 Å². The lowest BCUT2D eigenvalue weighted by molar-refractivity contribution is -0.130. The number of likely N-dealkylation sites (tertiary alicyclic amines) is 1. The Morgan fingerprint density at radius 3 is 2.72 bits per heavy atom. The largest absolute Gasteiger partial charge is 0.357 e. The fourth-order valence-electron chi connectivity index (χ4n) is 3.33. The summed E-state index contributed by atoms with van der Waals surface area (Å²) in [5.74, 6) is 1.12. The summed E-state index contributed by atoms with van der Waals surface area (Å²) in [6.45, 7) is 6.82. The summed E-state index contributed by atoms with van der Waals surface area (Å²) in [6, 6.07) is 5.24. The average molecular weight is 517 g/mol. The van der Waals surface area contributed by atoms with E-state index in [4.69, 9.17) is 0 Å². The Hall–Kier alpha value is -1.58. The van der Waals surface area contributed by atoms with Crippen LogP contribution in [0.1, 0.15) is 51.9 Å². The van der Waals surface area contributed by atoms with E-state index in [1.807, 2.05) is 17.2 Å². The zero-order valence-corrected chi connectivity index (χ0v) is 19.9. The molecule has 29 heavy (non-hydrogen) atoms. The number of hydrogen-bond acceptors (Lipinski definition) is 3. The molecule has 0 aliphatic carbocycles. The summed E-state index contributed by atoms with van der Waals surface area (Å²) < 4.78 is 1.74. The number of halogens is 1. The molecule has 0 aromatic carbocycles. The number of pyridine rings is 1. The van der Waals surface area contributed by atoms with E-state index in [2.05, 4.69) is 22.5 Å². The van der Waals surface area contributed by atoms with Crippen molar-refractivity contribution in [2.75, 3.05) is 32.7 Å². The highest BCUT2D eigenvalue weighted by Crippen LogP contribution is 2.11. The van der Waals surface area contributed by atoms with E-state index in [0.29, 0.717) is 18.9 Å². The molecule has 2 N–H and O–H groups in total. The second-order valence-corrected chi connectivity index (χ2v) is 7.17. The van der Waals surface area contributed by atoms with Crippen LogP contribution in [0.5, 0.6) is 0 Å².